The summed E-state index contributed by atoms with van der Waals surface area (Å²) in [5.74, 6) is -1.88. The molecule has 0 aliphatic heterocycles. The van der Waals surface area contributed by atoms with Gasteiger partial charge in [0.2, 0.25) is 10.0 Å². The monoisotopic (exact) mass is 301 g/mol. The van der Waals surface area contributed by atoms with Gasteiger partial charge in [-0.3, -0.25) is 4.79 Å². The summed E-state index contributed by atoms with van der Waals surface area (Å²) < 4.78 is 39.9. The molecule has 1 fully saturated rings. The van der Waals surface area contributed by atoms with Crippen molar-refractivity contribution in [3.05, 3.63) is 29.6 Å². The van der Waals surface area contributed by atoms with Gasteiger partial charge in [0.1, 0.15) is 10.7 Å². The topological polar surface area (TPSA) is 74.7 Å². The molecule has 2 rings (SSSR count). The van der Waals surface area contributed by atoms with Crippen LogP contribution in [-0.4, -0.2) is 36.4 Å². The molecule has 110 valence electrons. The second-order valence-corrected chi connectivity index (χ2v) is 6.78. The number of hydrogen-bond acceptors (Lipinski definition) is 3. The fourth-order valence-electron chi connectivity index (χ4n) is 2.00. The Morgan fingerprint density at radius 2 is 2.10 bits per heavy atom. The van der Waals surface area contributed by atoms with Crippen molar-refractivity contribution in [3.8, 4) is 0 Å². The van der Waals surface area contributed by atoms with Crippen molar-refractivity contribution in [2.45, 2.75) is 37.1 Å². The number of carboxylic acid groups (broad SMARTS) is 1. The molecule has 0 aromatic heterocycles. The highest BCUT2D eigenvalue weighted by Crippen LogP contribution is 2.33. The summed E-state index contributed by atoms with van der Waals surface area (Å²) in [4.78, 5) is 10.3. The van der Waals surface area contributed by atoms with E-state index in [-0.39, 0.29) is 23.9 Å². The normalized spacial score (nSPS) is 15.6. The molecule has 5 nitrogen and oxygen atoms in total. The number of aryl methyl sites for hydroxylation is 1. The molecular weight excluding hydrogens is 285 g/mol. The summed E-state index contributed by atoms with van der Waals surface area (Å²) in [6, 6.07) is 3.68. The summed E-state index contributed by atoms with van der Waals surface area (Å²) in [6.07, 6.45) is 1.09. The molecule has 1 aromatic rings. The van der Waals surface area contributed by atoms with E-state index in [0.717, 1.165) is 10.4 Å². The van der Waals surface area contributed by atoms with E-state index in [4.69, 9.17) is 5.11 Å². The molecule has 0 amide bonds. The van der Waals surface area contributed by atoms with Gasteiger partial charge in [-0.1, -0.05) is 6.07 Å². The smallest absolute Gasteiger partial charge is 0.304 e. The number of halogens is 1. The van der Waals surface area contributed by atoms with E-state index in [2.05, 4.69) is 0 Å². The van der Waals surface area contributed by atoms with E-state index in [1.54, 1.807) is 6.92 Å². The van der Waals surface area contributed by atoms with Crippen LogP contribution in [0.25, 0.3) is 0 Å². The van der Waals surface area contributed by atoms with Crippen LogP contribution in [0.1, 0.15) is 24.8 Å². The van der Waals surface area contributed by atoms with E-state index in [0.29, 0.717) is 18.4 Å². The van der Waals surface area contributed by atoms with Gasteiger partial charge in [0.15, 0.2) is 0 Å². The lowest BCUT2D eigenvalue weighted by Gasteiger charge is -2.21. The van der Waals surface area contributed by atoms with Crippen molar-refractivity contribution < 1.29 is 22.7 Å². The van der Waals surface area contributed by atoms with Crippen molar-refractivity contribution in [1.82, 2.24) is 4.31 Å². The van der Waals surface area contributed by atoms with Crippen molar-refractivity contribution in [2.75, 3.05) is 6.54 Å². The molecule has 0 radical (unpaired) electrons. The molecule has 1 aliphatic carbocycles. The Labute approximate surface area is 117 Å². The highest BCUT2D eigenvalue weighted by atomic mass is 32.2. The van der Waals surface area contributed by atoms with Crippen LogP contribution in [0.5, 0.6) is 0 Å². The van der Waals surface area contributed by atoms with Crippen LogP contribution < -0.4 is 0 Å². The maximum Gasteiger partial charge on any atom is 0.304 e. The predicted octanol–water partition coefficient (Wildman–Crippen LogP) is 1.76. The van der Waals surface area contributed by atoms with Crippen LogP contribution in [0.4, 0.5) is 4.39 Å². The van der Waals surface area contributed by atoms with Gasteiger partial charge in [-0.2, -0.15) is 4.31 Å². The minimum Gasteiger partial charge on any atom is -0.481 e. The Hall–Kier alpha value is -1.47. The Morgan fingerprint density at radius 1 is 1.45 bits per heavy atom. The average Bonchev–Trinajstić information content (AvgIpc) is 3.16. The largest absolute Gasteiger partial charge is 0.481 e. The number of sulfonamides is 1. The number of nitrogens with zero attached hydrogens (tertiary/aromatic N) is 1. The van der Waals surface area contributed by atoms with Gasteiger partial charge in [-0.15, -0.1) is 0 Å². The molecule has 0 bridgehead atoms. The third-order valence-electron chi connectivity index (χ3n) is 3.17. The van der Waals surface area contributed by atoms with Gasteiger partial charge in [-0.25, -0.2) is 12.8 Å². The first-order chi connectivity index (χ1) is 9.32. The zero-order valence-electron chi connectivity index (χ0n) is 11.0. The van der Waals surface area contributed by atoms with Crippen LogP contribution in [-0.2, 0) is 14.8 Å². The highest BCUT2D eigenvalue weighted by Gasteiger charge is 2.39. The molecule has 0 spiro atoms. The summed E-state index contributed by atoms with van der Waals surface area (Å²) >= 11 is 0. The van der Waals surface area contributed by atoms with Crippen LogP contribution in [0, 0.1) is 12.7 Å². The van der Waals surface area contributed by atoms with Gasteiger partial charge < -0.3 is 5.11 Å². The Balaban J connectivity index is 2.35. The van der Waals surface area contributed by atoms with Crippen LogP contribution in [0.15, 0.2) is 23.1 Å². The van der Waals surface area contributed by atoms with Crippen molar-refractivity contribution >= 4 is 16.0 Å². The fraction of sp³-hybridized carbons (Fsp3) is 0.462. The van der Waals surface area contributed by atoms with Gasteiger partial charge in [0.25, 0.3) is 0 Å². The second-order valence-electron chi connectivity index (χ2n) is 4.92. The third-order valence-corrected chi connectivity index (χ3v) is 5.14. The predicted molar refractivity (Wildman–Crippen MR) is 70.3 cm³/mol. The molecule has 1 saturated carbocycles. The Kier molecular flexibility index (Phi) is 4.10. The average molecular weight is 301 g/mol. The number of carboxylic acids is 1. The van der Waals surface area contributed by atoms with E-state index in [1.807, 2.05) is 0 Å². The van der Waals surface area contributed by atoms with Crippen LogP contribution in [0.2, 0.25) is 0 Å². The van der Waals surface area contributed by atoms with Crippen LogP contribution >= 0.6 is 0 Å². The van der Waals surface area contributed by atoms with Crippen molar-refractivity contribution in [2.24, 2.45) is 0 Å². The molecule has 0 atom stereocenters. The minimum absolute atomic E-state index is 0.129. The van der Waals surface area contributed by atoms with Crippen molar-refractivity contribution in [1.29, 1.82) is 0 Å². The summed E-state index contributed by atoms with van der Waals surface area (Å²) in [5, 5.41) is 8.70. The van der Waals surface area contributed by atoms with Gasteiger partial charge in [-0.05, 0) is 37.5 Å². The van der Waals surface area contributed by atoms with E-state index >= 15 is 0 Å². The maximum absolute atomic E-state index is 13.8. The highest BCUT2D eigenvalue weighted by molar-refractivity contribution is 7.89. The summed E-state index contributed by atoms with van der Waals surface area (Å²) in [6.45, 7) is 1.55. The molecule has 0 saturated heterocycles. The quantitative estimate of drug-likeness (QED) is 0.869. The molecule has 1 aliphatic rings. The lowest BCUT2D eigenvalue weighted by atomic mass is 10.2. The first-order valence-electron chi connectivity index (χ1n) is 6.32. The Bertz CT molecular complexity index is 625. The zero-order valence-corrected chi connectivity index (χ0v) is 11.9. The molecular formula is C13H16FNO4S. The van der Waals surface area contributed by atoms with E-state index in [1.165, 1.54) is 12.1 Å². The van der Waals surface area contributed by atoms with Crippen LogP contribution in [0.3, 0.4) is 0 Å². The standard InChI is InChI=1S/C13H16FNO4S/c1-9-2-5-11(14)12(8-9)20(18,19)15(10-3-4-10)7-6-13(16)17/h2,5,8,10H,3-4,6-7H2,1H3,(H,16,17). The first-order valence-corrected chi connectivity index (χ1v) is 7.76. The Morgan fingerprint density at radius 3 is 2.65 bits per heavy atom. The van der Waals surface area contributed by atoms with E-state index < -0.39 is 21.8 Å². The molecule has 0 unspecified atom stereocenters. The molecule has 20 heavy (non-hydrogen) atoms. The third kappa shape index (κ3) is 3.16. The number of aliphatic carboxylic acids is 1. The van der Waals surface area contributed by atoms with Crippen molar-refractivity contribution in [3.63, 3.8) is 0 Å². The minimum atomic E-state index is -3.99. The number of benzene rings is 1. The fourth-order valence-corrected chi connectivity index (χ4v) is 3.84. The number of hydrogen-bond donors (Lipinski definition) is 1. The lowest BCUT2D eigenvalue weighted by molar-refractivity contribution is -0.137. The zero-order chi connectivity index (χ0) is 14.9. The van der Waals surface area contributed by atoms with Gasteiger partial charge in [0, 0.05) is 12.6 Å². The van der Waals surface area contributed by atoms with E-state index in [9.17, 15) is 17.6 Å². The van der Waals surface area contributed by atoms with Gasteiger partial charge in [0.05, 0.1) is 6.42 Å². The maximum atomic E-state index is 13.8. The molecule has 1 aromatic carbocycles. The summed E-state index contributed by atoms with van der Waals surface area (Å²) in [5.41, 5.74) is 0.638. The number of carbonyl (C=O) groups is 1. The second kappa shape index (κ2) is 5.49. The molecule has 7 heteroatoms. The molecule has 0 heterocycles. The SMILES string of the molecule is Cc1ccc(F)c(S(=O)(=O)N(CCC(=O)O)C2CC2)c1. The summed E-state index contributed by atoms with van der Waals surface area (Å²) in [7, 11) is -3.99. The first kappa shape index (κ1) is 14.9. The molecule has 1 N–H and O–H groups in total. The lowest BCUT2D eigenvalue weighted by Crippen LogP contribution is -2.35. The van der Waals surface area contributed by atoms with Gasteiger partial charge >= 0.3 is 5.97 Å². The number of rotatable bonds is 6.